The highest BCUT2D eigenvalue weighted by Crippen LogP contribution is 2.49. The topological polar surface area (TPSA) is 3.24 Å². The molecule has 0 unspecified atom stereocenters. The summed E-state index contributed by atoms with van der Waals surface area (Å²) in [5.74, 6) is 0. The Morgan fingerprint density at radius 2 is 1.75 bits per heavy atom. The van der Waals surface area contributed by atoms with Gasteiger partial charge in [0, 0.05) is 12.1 Å². The molecule has 0 radical (unpaired) electrons. The fraction of sp³-hybridized carbons (Fsp3) is 1.00. The molecule has 2 aliphatic rings. The van der Waals surface area contributed by atoms with Crippen molar-refractivity contribution in [2.75, 3.05) is 13.1 Å². The van der Waals surface area contributed by atoms with Gasteiger partial charge in [-0.1, -0.05) is 6.42 Å². The van der Waals surface area contributed by atoms with E-state index in [4.69, 9.17) is 0 Å². The summed E-state index contributed by atoms with van der Waals surface area (Å²) in [6, 6.07) is 0. The maximum Gasteiger partial charge on any atom is 0.0125 e. The molecule has 0 atom stereocenters. The fourth-order valence-electron chi connectivity index (χ4n) is 2.59. The molecule has 1 aliphatic heterocycles. The first-order valence-corrected chi connectivity index (χ1v) is 5.27. The maximum atomic E-state index is 2.66. The summed E-state index contributed by atoms with van der Waals surface area (Å²) in [6.45, 7) is 9.72. The van der Waals surface area contributed by atoms with Gasteiger partial charge in [0.25, 0.3) is 0 Å². The number of likely N-dealkylation sites (tertiary alicyclic amines) is 1. The Balaban J connectivity index is 1.98. The van der Waals surface area contributed by atoms with E-state index in [0.717, 1.165) is 5.41 Å². The second-order valence-corrected chi connectivity index (χ2v) is 5.70. The molecule has 0 bridgehead atoms. The lowest BCUT2D eigenvalue weighted by Gasteiger charge is -2.40. The van der Waals surface area contributed by atoms with Crippen LogP contribution in [0.25, 0.3) is 0 Å². The van der Waals surface area contributed by atoms with Gasteiger partial charge in [-0.2, -0.15) is 0 Å². The lowest BCUT2D eigenvalue weighted by atomic mass is 9.68. The first kappa shape index (κ1) is 8.55. The molecular weight excluding hydrogens is 146 g/mol. The molecule has 0 aromatic rings. The third-order valence-electron chi connectivity index (χ3n) is 3.80. The molecule has 70 valence electrons. The van der Waals surface area contributed by atoms with Crippen molar-refractivity contribution in [2.24, 2.45) is 5.41 Å². The maximum absolute atomic E-state index is 2.66. The average molecular weight is 167 g/mol. The van der Waals surface area contributed by atoms with Gasteiger partial charge in [-0.05, 0) is 52.0 Å². The monoisotopic (exact) mass is 167 g/mol. The molecule has 2 fully saturated rings. The van der Waals surface area contributed by atoms with E-state index in [2.05, 4.69) is 25.7 Å². The van der Waals surface area contributed by atoms with Gasteiger partial charge >= 0.3 is 0 Å². The van der Waals surface area contributed by atoms with Crippen LogP contribution in [0.4, 0.5) is 0 Å². The van der Waals surface area contributed by atoms with Crippen molar-refractivity contribution in [3.8, 4) is 0 Å². The van der Waals surface area contributed by atoms with E-state index < -0.39 is 0 Å². The summed E-state index contributed by atoms with van der Waals surface area (Å²) in [4.78, 5) is 2.66. The molecule has 0 aromatic heterocycles. The molecule has 1 aliphatic carbocycles. The van der Waals surface area contributed by atoms with E-state index in [1.54, 1.807) is 0 Å². The quantitative estimate of drug-likeness (QED) is 0.536. The molecule has 1 saturated carbocycles. The Morgan fingerprint density at radius 1 is 1.08 bits per heavy atom. The number of hydrogen-bond acceptors (Lipinski definition) is 1. The zero-order valence-electron chi connectivity index (χ0n) is 8.69. The highest BCUT2D eigenvalue weighted by atomic mass is 15.2. The number of nitrogens with zero attached hydrogens (tertiary/aromatic N) is 1. The molecule has 0 amide bonds. The van der Waals surface area contributed by atoms with Gasteiger partial charge in [0.2, 0.25) is 0 Å². The van der Waals surface area contributed by atoms with E-state index in [-0.39, 0.29) is 0 Å². The van der Waals surface area contributed by atoms with Crippen molar-refractivity contribution < 1.29 is 0 Å². The third-order valence-corrected chi connectivity index (χ3v) is 3.80. The molecule has 2 rings (SSSR count). The Morgan fingerprint density at radius 3 is 2.00 bits per heavy atom. The molecule has 1 heteroatoms. The SMILES string of the molecule is CC(C)(C)N1CCC2(CCC2)C1. The van der Waals surface area contributed by atoms with Gasteiger partial charge in [-0.3, -0.25) is 4.90 Å². The molecule has 0 N–H and O–H groups in total. The van der Waals surface area contributed by atoms with E-state index in [1.807, 2.05) is 0 Å². The van der Waals surface area contributed by atoms with E-state index >= 15 is 0 Å². The van der Waals surface area contributed by atoms with E-state index in [1.165, 1.54) is 38.8 Å². The summed E-state index contributed by atoms with van der Waals surface area (Å²) in [6.07, 6.45) is 5.95. The standard InChI is InChI=1S/C11H21N/c1-10(2,3)12-8-7-11(9-12)5-4-6-11/h4-9H2,1-3H3. The molecule has 0 aromatic carbocycles. The summed E-state index contributed by atoms with van der Waals surface area (Å²) < 4.78 is 0. The van der Waals surface area contributed by atoms with Crippen molar-refractivity contribution in [3.63, 3.8) is 0 Å². The van der Waals surface area contributed by atoms with Crippen molar-refractivity contribution in [2.45, 2.75) is 52.0 Å². The van der Waals surface area contributed by atoms with Crippen LogP contribution in [0.5, 0.6) is 0 Å². The minimum absolute atomic E-state index is 0.402. The second kappa shape index (κ2) is 2.47. The summed E-state index contributed by atoms with van der Waals surface area (Å²) in [7, 11) is 0. The third kappa shape index (κ3) is 1.28. The first-order chi connectivity index (χ1) is 5.52. The van der Waals surface area contributed by atoms with Crippen LogP contribution < -0.4 is 0 Å². The largest absolute Gasteiger partial charge is 0.298 e. The average Bonchev–Trinajstić information content (AvgIpc) is 2.26. The lowest BCUT2D eigenvalue weighted by molar-refractivity contribution is 0.101. The van der Waals surface area contributed by atoms with Crippen LogP contribution >= 0.6 is 0 Å². The highest BCUT2D eigenvalue weighted by molar-refractivity contribution is 4.98. The van der Waals surface area contributed by atoms with Crippen LogP contribution in [0.2, 0.25) is 0 Å². The van der Waals surface area contributed by atoms with Crippen LogP contribution in [0.1, 0.15) is 46.5 Å². The van der Waals surface area contributed by atoms with Crippen LogP contribution in [0.15, 0.2) is 0 Å². The van der Waals surface area contributed by atoms with Crippen LogP contribution in [0.3, 0.4) is 0 Å². The van der Waals surface area contributed by atoms with E-state index in [9.17, 15) is 0 Å². The smallest absolute Gasteiger partial charge is 0.0125 e. The number of rotatable bonds is 0. The summed E-state index contributed by atoms with van der Waals surface area (Å²) in [5, 5.41) is 0. The Kier molecular flexibility index (Phi) is 1.76. The van der Waals surface area contributed by atoms with E-state index in [0.29, 0.717) is 5.54 Å². The minimum Gasteiger partial charge on any atom is -0.298 e. The highest BCUT2D eigenvalue weighted by Gasteiger charge is 2.44. The molecule has 1 heterocycles. The number of hydrogen-bond donors (Lipinski definition) is 0. The van der Waals surface area contributed by atoms with Crippen molar-refractivity contribution in [1.82, 2.24) is 4.90 Å². The summed E-state index contributed by atoms with van der Waals surface area (Å²) in [5.41, 5.74) is 1.17. The van der Waals surface area contributed by atoms with Gasteiger partial charge in [-0.15, -0.1) is 0 Å². The summed E-state index contributed by atoms with van der Waals surface area (Å²) >= 11 is 0. The van der Waals surface area contributed by atoms with Gasteiger partial charge in [0.1, 0.15) is 0 Å². The predicted molar refractivity (Wildman–Crippen MR) is 52.2 cm³/mol. The van der Waals surface area contributed by atoms with Gasteiger partial charge in [-0.25, -0.2) is 0 Å². The Hall–Kier alpha value is -0.0400. The van der Waals surface area contributed by atoms with Crippen LogP contribution in [-0.2, 0) is 0 Å². The first-order valence-electron chi connectivity index (χ1n) is 5.27. The van der Waals surface area contributed by atoms with Crippen LogP contribution in [0, 0.1) is 5.41 Å². The Bertz CT molecular complexity index is 174. The zero-order chi connectivity index (χ0) is 8.82. The molecule has 1 saturated heterocycles. The minimum atomic E-state index is 0.402. The molecule has 1 spiro atoms. The fourth-order valence-corrected chi connectivity index (χ4v) is 2.59. The van der Waals surface area contributed by atoms with Gasteiger partial charge < -0.3 is 0 Å². The predicted octanol–water partition coefficient (Wildman–Crippen LogP) is 2.66. The van der Waals surface area contributed by atoms with Crippen molar-refractivity contribution in [3.05, 3.63) is 0 Å². The van der Waals surface area contributed by atoms with Crippen molar-refractivity contribution >= 4 is 0 Å². The lowest BCUT2D eigenvalue weighted by Crippen LogP contribution is -2.42. The van der Waals surface area contributed by atoms with Gasteiger partial charge in [0.05, 0.1) is 0 Å². The zero-order valence-corrected chi connectivity index (χ0v) is 8.69. The van der Waals surface area contributed by atoms with Crippen molar-refractivity contribution in [1.29, 1.82) is 0 Å². The normalized spacial score (nSPS) is 29.2. The molecule has 12 heavy (non-hydrogen) atoms. The molecular formula is C11H21N. The van der Waals surface area contributed by atoms with Crippen LogP contribution in [-0.4, -0.2) is 23.5 Å². The molecule has 1 nitrogen and oxygen atoms in total. The van der Waals surface area contributed by atoms with Gasteiger partial charge in [0.15, 0.2) is 0 Å². The Labute approximate surface area is 76.1 Å². The second-order valence-electron chi connectivity index (χ2n) is 5.70.